The number of hydrogen-bond acceptors (Lipinski definition) is 1. The highest BCUT2D eigenvalue weighted by atomic mass is 14.9. The molecule has 1 unspecified atom stereocenters. The minimum absolute atomic E-state index is 0.487. The van der Waals surface area contributed by atoms with Crippen molar-refractivity contribution in [2.75, 3.05) is 6.54 Å². The molecule has 0 spiro atoms. The molecule has 0 rings (SSSR count). The van der Waals surface area contributed by atoms with Gasteiger partial charge in [0.1, 0.15) is 0 Å². The third-order valence-corrected chi connectivity index (χ3v) is 3.73. The molecule has 0 bridgehead atoms. The highest BCUT2D eigenvalue weighted by molar-refractivity contribution is 4.79. The van der Waals surface area contributed by atoms with Crippen molar-refractivity contribution >= 4 is 0 Å². The fourth-order valence-corrected chi connectivity index (χ4v) is 2.07. The van der Waals surface area contributed by atoms with Crippen LogP contribution in [0.25, 0.3) is 0 Å². The topological polar surface area (TPSA) is 12.0 Å². The molecule has 0 saturated carbocycles. The summed E-state index contributed by atoms with van der Waals surface area (Å²) in [4.78, 5) is 0. The average Bonchev–Trinajstić information content (AvgIpc) is 2.23. The zero-order valence-electron chi connectivity index (χ0n) is 11.7. The summed E-state index contributed by atoms with van der Waals surface area (Å²) in [7, 11) is 0. The van der Waals surface area contributed by atoms with Crippen LogP contribution in [0.2, 0.25) is 0 Å². The highest BCUT2D eigenvalue weighted by Crippen LogP contribution is 2.32. The Kier molecular flexibility index (Phi) is 7.25. The van der Waals surface area contributed by atoms with E-state index in [0.717, 1.165) is 12.5 Å². The minimum Gasteiger partial charge on any atom is -0.314 e. The molecule has 0 saturated heterocycles. The van der Waals surface area contributed by atoms with Crippen LogP contribution in [0.5, 0.6) is 0 Å². The van der Waals surface area contributed by atoms with Crippen LogP contribution >= 0.6 is 0 Å². The van der Waals surface area contributed by atoms with Crippen molar-refractivity contribution < 1.29 is 0 Å². The van der Waals surface area contributed by atoms with Crippen molar-refractivity contribution in [3.63, 3.8) is 0 Å². The third kappa shape index (κ3) is 6.19. The molecule has 0 radical (unpaired) electrons. The van der Waals surface area contributed by atoms with Gasteiger partial charge < -0.3 is 5.32 Å². The van der Waals surface area contributed by atoms with Crippen molar-refractivity contribution in [3.05, 3.63) is 0 Å². The Labute approximate surface area is 97.0 Å². The van der Waals surface area contributed by atoms with E-state index >= 15 is 0 Å². The Morgan fingerprint density at radius 2 is 1.60 bits per heavy atom. The molecule has 0 aliphatic rings. The predicted octanol–water partition coefficient (Wildman–Crippen LogP) is 4.23. The zero-order valence-corrected chi connectivity index (χ0v) is 11.7. The second-order valence-electron chi connectivity index (χ2n) is 5.59. The van der Waals surface area contributed by atoms with E-state index in [2.05, 4.69) is 46.9 Å². The SMILES string of the molecule is CCC(CC)CC(C)(CC)CNC(C)C. The van der Waals surface area contributed by atoms with Gasteiger partial charge >= 0.3 is 0 Å². The number of hydrogen-bond donors (Lipinski definition) is 1. The average molecular weight is 213 g/mol. The van der Waals surface area contributed by atoms with Gasteiger partial charge in [-0.2, -0.15) is 0 Å². The summed E-state index contributed by atoms with van der Waals surface area (Å²) in [5.74, 6) is 0.906. The lowest BCUT2D eigenvalue weighted by molar-refractivity contribution is 0.208. The summed E-state index contributed by atoms with van der Waals surface area (Å²) in [6.45, 7) is 15.0. The molecule has 0 heterocycles. The summed E-state index contributed by atoms with van der Waals surface area (Å²) < 4.78 is 0. The molecule has 15 heavy (non-hydrogen) atoms. The molecule has 0 aromatic carbocycles. The van der Waals surface area contributed by atoms with Gasteiger partial charge in [-0.3, -0.25) is 0 Å². The molecule has 0 aliphatic heterocycles. The fourth-order valence-electron chi connectivity index (χ4n) is 2.07. The van der Waals surface area contributed by atoms with Gasteiger partial charge in [-0.1, -0.05) is 54.4 Å². The monoisotopic (exact) mass is 213 g/mol. The number of rotatable bonds is 8. The first-order valence-electron chi connectivity index (χ1n) is 6.70. The Hall–Kier alpha value is -0.0400. The van der Waals surface area contributed by atoms with E-state index in [0.29, 0.717) is 11.5 Å². The van der Waals surface area contributed by atoms with Gasteiger partial charge in [0, 0.05) is 12.6 Å². The third-order valence-electron chi connectivity index (χ3n) is 3.73. The first-order chi connectivity index (χ1) is 6.97. The van der Waals surface area contributed by atoms with Crippen LogP contribution in [0.15, 0.2) is 0 Å². The van der Waals surface area contributed by atoms with Gasteiger partial charge in [0.15, 0.2) is 0 Å². The van der Waals surface area contributed by atoms with Crippen LogP contribution in [0.4, 0.5) is 0 Å². The molecule has 0 fully saturated rings. The second kappa shape index (κ2) is 7.27. The van der Waals surface area contributed by atoms with Crippen LogP contribution in [-0.4, -0.2) is 12.6 Å². The van der Waals surface area contributed by atoms with Gasteiger partial charge in [-0.05, 0) is 24.2 Å². The van der Waals surface area contributed by atoms with Crippen molar-refractivity contribution in [3.8, 4) is 0 Å². The standard InChI is InChI=1S/C14H31N/c1-7-13(8-2)10-14(6,9-3)11-15-12(4)5/h12-13,15H,7-11H2,1-6H3. The van der Waals surface area contributed by atoms with Gasteiger partial charge in [-0.25, -0.2) is 0 Å². The minimum atomic E-state index is 0.487. The van der Waals surface area contributed by atoms with Gasteiger partial charge in [0.2, 0.25) is 0 Å². The molecule has 1 N–H and O–H groups in total. The van der Waals surface area contributed by atoms with E-state index in [1.54, 1.807) is 0 Å². The van der Waals surface area contributed by atoms with E-state index in [4.69, 9.17) is 0 Å². The summed E-state index contributed by atoms with van der Waals surface area (Å²) in [6, 6.07) is 0.609. The first kappa shape index (κ1) is 15.0. The largest absolute Gasteiger partial charge is 0.314 e. The normalized spacial score (nSPS) is 16.0. The fraction of sp³-hybridized carbons (Fsp3) is 1.00. The van der Waals surface area contributed by atoms with E-state index < -0.39 is 0 Å². The first-order valence-corrected chi connectivity index (χ1v) is 6.70. The predicted molar refractivity (Wildman–Crippen MR) is 70.2 cm³/mol. The number of nitrogens with one attached hydrogen (secondary N) is 1. The molecule has 92 valence electrons. The van der Waals surface area contributed by atoms with E-state index in [1.807, 2.05) is 0 Å². The van der Waals surface area contributed by atoms with E-state index in [9.17, 15) is 0 Å². The van der Waals surface area contributed by atoms with Crippen LogP contribution < -0.4 is 5.32 Å². The van der Waals surface area contributed by atoms with Crippen LogP contribution in [0.3, 0.4) is 0 Å². The molecule has 0 aromatic heterocycles. The Morgan fingerprint density at radius 1 is 1.07 bits per heavy atom. The van der Waals surface area contributed by atoms with Gasteiger partial charge in [0.25, 0.3) is 0 Å². The lowest BCUT2D eigenvalue weighted by Crippen LogP contribution is -2.36. The maximum Gasteiger partial charge on any atom is 0.00106 e. The van der Waals surface area contributed by atoms with Gasteiger partial charge in [0.05, 0.1) is 0 Å². The summed E-state index contributed by atoms with van der Waals surface area (Å²) in [5, 5.41) is 3.59. The second-order valence-corrected chi connectivity index (χ2v) is 5.59. The zero-order chi connectivity index (χ0) is 11.9. The van der Waals surface area contributed by atoms with Crippen molar-refractivity contribution in [1.82, 2.24) is 5.32 Å². The maximum absolute atomic E-state index is 3.59. The molecule has 0 aliphatic carbocycles. The van der Waals surface area contributed by atoms with Crippen LogP contribution in [-0.2, 0) is 0 Å². The van der Waals surface area contributed by atoms with Crippen molar-refractivity contribution in [2.24, 2.45) is 11.3 Å². The van der Waals surface area contributed by atoms with Crippen molar-refractivity contribution in [2.45, 2.75) is 73.3 Å². The van der Waals surface area contributed by atoms with Crippen LogP contribution in [0, 0.1) is 11.3 Å². The quantitative estimate of drug-likeness (QED) is 0.636. The molecule has 1 nitrogen and oxygen atoms in total. The summed E-state index contributed by atoms with van der Waals surface area (Å²) in [5.41, 5.74) is 0.487. The molecule has 1 heteroatoms. The Morgan fingerprint density at radius 3 is 1.93 bits per heavy atom. The smallest absolute Gasteiger partial charge is 0.00106 e. The molecule has 0 amide bonds. The van der Waals surface area contributed by atoms with E-state index in [1.165, 1.54) is 25.7 Å². The summed E-state index contributed by atoms with van der Waals surface area (Å²) >= 11 is 0. The molecular formula is C14H31N. The lowest BCUT2D eigenvalue weighted by Gasteiger charge is -2.33. The lowest BCUT2D eigenvalue weighted by atomic mass is 9.77. The van der Waals surface area contributed by atoms with Gasteiger partial charge in [-0.15, -0.1) is 0 Å². The Bertz CT molecular complexity index is 149. The van der Waals surface area contributed by atoms with Crippen molar-refractivity contribution in [1.29, 1.82) is 0 Å². The highest BCUT2D eigenvalue weighted by Gasteiger charge is 2.25. The maximum atomic E-state index is 3.59. The van der Waals surface area contributed by atoms with Crippen LogP contribution in [0.1, 0.15) is 67.2 Å². The molecule has 1 atom stereocenters. The summed E-state index contributed by atoms with van der Waals surface area (Å²) in [6.07, 6.45) is 5.31. The van der Waals surface area contributed by atoms with E-state index in [-0.39, 0.29) is 0 Å². The molecular weight excluding hydrogens is 182 g/mol. The Balaban J connectivity index is 4.16. The molecule has 0 aromatic rings.